The Labute approximate surface area is 157 Å². The molecule has 0 spiro atoms. The molecule has 2 aromatic rings. The lowest BCUT2D eigenvalue weighted by atomic mass is 9.97. The molecule has 2 aliphatic rings. The van der Waals surface area contributed by atoms with Crippen LogP contribution < -0.4 is 5.56 Å². The summed E-state index contributed by atoms with van der Waals surface area (Å²) in [6, 6.07) is 1.76. The van der Waals surface area contributed by atoms with Crippen LogP contribution in [0.15, 0.2) is 17.1 Å². The summed E-state index contributed by atoms with van der Waals surface area (Å²) in [7, 11) is 1.75. The van der Waals surface area contributed by atoms with Gasteiger partial charge >= 0.3 is 0 Å². The SMILES string of the molecule is Cn1cc(C(=O)N2CCN(CCn3nc4c(cc3=O)CCCC4)CC2)nn1. The first-order chi connectivity index (χ1) is 13.1. The van der Waals surface area contributed by atoms with Gasteiger partial charge in [0.1, 0.15) is 0 Å². The van der Waals surface area contributed by atoms with Gasteiger partial charge in [-0.15, -0.1) is 5.10 Å². The van der Waals surface area contributed by atoms with Crippen molar-refractivity contribution in [2.75, 3.05) is 32.7 Å². The van der Waals surface area contributed by atoms with Crippen LogP contribution in [0.3, 0.4) is 0 Å². The molecule has 1 saturated heterocycles. The van der Waals surface area contributed by atoms with Crippen molar-refractivity contribution >= 4 is 5.91 Å². The van der Waals surface area contributed by atoms with Crippen molar-refractivity contribution in [2.24, 2.45) is 7.05 Å². The summed E-state index contributed by atoms with van der Waals surface area (Å²) < 4.78 is 3.13. The Balaban J connectivity index is 1.31. The maximum Gasteiger partial charge on any atom is 0.276 e. The zero-order valence-corrected chi connectivity index (χ0v) is 15.7. The van der Waals surface area contributed by atoms with E-state index in [1.165, 1.54) is 4.68 Å². The first-order valence-corrected chi connectivity index (χ1v) is 9.58. The highest BCUT2D eigenvalue weighted by atomic mass is 16.2. The largest absolute Gasteiger partial charge is 0.335 e. The van der Waals surface area contributed by atoms with Crippen LogP contribution in [-0.2, 0) is 26.4 Å². The molecule has 2 aromatic heterocycles. The fourth-order valence-corrected chi connectivity index (χ4v) is 3.78. The molecule has 144 valence electrons. The van der Waals surface area contributed by atoms with E-state index in [1.807, 2.05) is 4.90 Å². The first kappa shape index (κ1) is 17.8. The van der Waals surface area contributed by atoms with E-state index in [-0.39, 0.29) is 11.5 Å². The third-order valence-electron chi connectivity index (χ3n) is 5.38. The number of carbonyl (C=O) groups is 1. The number of aryl methyl sites for hydroxylation is 3. The highest BCUT2D eigenvalue weighted by Gasteiger charge is 2.24. The second-order valence-corrected chi connectivity index (χ2v) is 7.30. The standard InChI is InChI=1S/C18H25N7O2/c1-22-13-16(19-21-22)18(27)24-9-6-23(7-10-24)8-11-25-17(26)12-14-4-2-3-5-15(14)20-25/h12-13H,2-11H2,1H3. The zero-order valence-electron chi connectivity index (χ0n) is 15.7. The average Bonchev–Trinajstić information content (AvgIpc) is 3.12. The van der Waals surface area contributed by atoms with Crippen LogP contribution in [0.4, 0.5) is 0 Å². The molecule has 0 atom stereocenters. The van der Waals surface area contributed by atoms with Crippen molar-refractivity contribution in [1.29, 1.82) is 0 Å². The molecule has 1 aliphatic carbocycles. The van der Waals surface area contributed by atoms with Gasteiger partial charge in [-0.25, -0.2) is 4.68 Å². The monoisotopic (exact) mass is 371 g/mol. The molecule has 3 heterocycles. The number of hydrogen-bond donors (Lipinski definition) is 0. The number of hydrogen-bond acceptors (Lipinski definition) is 6. The number of nitrogens with zero attached hydrogens (tertiary/aromatic N) is 7. The van der Waals surface area contributed by atoms with Crippen molar-refractivity contribution in [2.45, 2.75) is 32.2 Å². The third kappa shape index (κ3) is 3.92. The lowest BCUT2D eigenvalue weighted by Crippen LogP contribution is -2.49. The van der Waals surface area contributed by atoms with Crippen LogP contribution in [0.25, 0.3) is 0 Å². The van der Waals surface area contributed by atoms with Crippen molar-refractivity contribution in [3.05, 3.63) is 39.6 Å². The Hall–Kier alpha value is -2.55. The van der Waals surface area contributed by atoms with E-state index in [0.29, 0.717) is 25.3 Å². The molecule has 4 rings (SSSR count). The van der Waals surface area contributed by atoms with E-state index in [0.717, 1.165) is 56.6 Å². The van der Waals surface area contributed by atoms with Gasteiger partial charge < -0.3 is 4.90 Å². The van der Waals surface area contributed by atoms with Crippen molar-refractivity contribution in [3.63, 3.8) is 0 Å². The summed E-state index contributed by atoms with van der Waals surface area (Å²) in [6.07, 6.45) is 5.89. The van der Waals surface area contributed by atoms with Crippen molar-refractivity contribution < 1.29 is 4.79 Å². The Kier molecular flexibility index (Phi) is 5.02. The van der Waals surface area contributed by atoms with Gasteiger partial charge in [0.15, 0.2) is 5.69 Å². The minimum atomic E-state index is -0.0738. The highest BCUT2D eigenvalue weighted by Crippen LogP contribution is 2.16. The number of carbonyl (C=O) groups excluding carboxylic acids is 1. The molecular formula is C18H25N7O2. The van der Waals surface area contributed by atoms with E-state index in [1.54, 1.807) is 24.0 Å². The van der Waals surface area contributed by atoms with Crippen LogP contribution in [0, 0.1) is 0 Å². The number of piperazine rings is 1. The van der Waals surface area contributed by atoms with Crippen molar-refractivity contribution in [1.82, 2.24) is 34.6 Å². The maximum atomic E-state index is 12.4. The summed E-state index contributed by atoms with van der Waals surface area (Å²) in [5.41, 5.74) is 2.58. The molecule has 27 heavy (non-hydrogen) atoms. The van der Waals surface area contributed by atoms with Gasteiger partial charge in [-0.1, -0.05) is 5.21 Å². The molecule has 0 radical (unpaired) electrons. The summed E-state index contributed by atoms with van der Waals surface area (Å²) in [5.74, 6) is -0.0738. The summed E-state index contributed by atoms with van der Waals surface area (Å²) in [6.45, 7) is 4.23. The number of fused-ring (bicyclic) bond motifs is 1. The van der Waals surface area contributed by atoms with Gasteiger partial charge in [0.05, 0.1) is 18.4 Å². The van der Waals surface area contributed by atoms with Gasteiger partial charge in [0.25, 0.3) is 11.5 Å². The topological polar surface area (TPSA) is 89.2 Å². The van der Waals surface area contributed by atoms with E-state index >= 15 is 0 Å². The molecule has 0 unspecified atom stereocenters. The minimum absolute atomic E-state index is 0.00730. The quantitative estimate of drug-likeness (QED) is 0.734. The lowest BCUT2D eigenvalue weighted by Gasteiger charge is -2.34. The first-order valence-electron chi connectivity index (χ1n) is 9.58. The summed E-state index contributed by atoms with van der Waals surface area (Å²) in [4.78, 5) is 28.8. The number of amides is 1. The molecule has 9 nitrogen and oxygen atoms in total. The molecule has 1 amide bonds. The van der Waals surface area contributed by atoms with E-state index in [2.05, 4.69) is 20.3 Å². The fraction of sp³-hybridized carbons (Fsp3) is 0.611. The maximum absolute atomic E-state index is 12.4. The highest BCUT2D eigenvalue weighted by molar-refractivity contribution is 5.92. The smallest absolute Gasteiger partial charge is 0.276 e. The normalized spacial score (nSPS) is 17.7. The van der Waals surface area contributed by atoms with Crippen LogP contribution in [-0.4, -0.2) is 73.2 Å². The van der Waals surface area contributed by atoms with E-state index in [4.69, 9.17) is 0 Å². The third-order valence-corrected chi connectivity index (χ3v) is 5.38. The van der Waals surface area contributed by atoms with Crippen LogP contribution in [0.1, 0.15) is 34.6 Å². The molecule has 9 heteroatoms. The summed E-state index contributed by atoms with van der Waals surface area (Å²) in [5, 5.41) is 12.3. The zero-order chi connectivity index (χ0) is 18.8. The predicted molar refractivity (Wildman–Crippen MR) is 98.5 cm³/mol. The number of rotatable bonds is 4. The lowest BCUT2D eigenvalue weighted by molar-refractivity contribution is 0.0625. The Morgan fingerprint density at radius 3 is 2.63 bits per heavy atom. The molecule has 0 N–H and O–H groups in total. The average molecular weight is 371 g/mol. The van der Waals surface area contributed by atoms with E-state index < -0.39 is 0 Å². The second-order valence-electron chi connectivity index (χ2n) is 7.30. The van der Waals surface area contributed by atoms with Crippen LogP contribution in [0.2, 0.25) is 0 Å². The van der Waals surface area contributed by atoms with E-state index in [9.17, 15) is 9.59 Å². The fourth-order valence-electron chi connectivity index (χ4n) is 3.78. The second kappa shape index (κ2) is 7.59. The Morgan fingerprint density at radius 2 is 1.89 bits per heavy atom. The molecule has 0 aromatic carbocycles. The molecular weight excluding hydrogens is 346 g/mol. The Morgan fingerprint density at radius 1 is 1.11 bits per heavy atom. The van der Waals surface area contributed by atoms with Gasteiger partial charge in [-0.05, 0) is 31.2 Å². The van der Waals surface area contributed by atoms with Gasteiger partial charge in [0, 0.05) is 45.8 Å². The predicted octanol–water partition coefficient (Wildman–Crippen LogP) is -0.291. The molecule has 1 aliphatic heterocycles. The number of aromatic nitrogens is 5. The van der Waals surface area contributed by atoms with Crippen LogP contribution in [0.5, 0.6) is 0 Å². The minimum Gasteiger partial charge on any atom is -0.335 e. The van der Waals surface area contributed by atoms with Gasteiger partial charge in [-0.3, -0.25) is 19.2 Å². The van der Waals surface area contributed by atoms with Gasteiger partial charge in [0.2, 0.25) is 0 Å². The Bertz CT molecular complexity index is 880. The van der Waals surface area contributed by atoms with Crippen LogP contribution >= 0.6 is 0 Å². The van der Waals surface area contributed by atoms with Gasteiger partial charge in [-0.2, -0.15) is 5.10 Å². The molecule has 0 bridgehead atoms. The molecule has 1 fully saturated rings. The van der Waals surface area contributed by atoms with Crippen molar-refractivity contribution in [3.8, 4) is 0 Å². The molecule has 0 saturated carbocycles. The summed E-state index contributed by atoms with van der Waals surface area (Å²) >= 11 is 0.